The summed E-state index contributed by atoms with van der Waals surface area (Å²) in [6.07, 6.45) is 14.6. The van der Waals surface area contributed by atoms with Crippen LogP contribution in [0.25, 0.3) is 12.2 Å². The van der Waals surface area contributed by atoms with E-state index in [1.54, 1.807) is 18.0 Å². The first-order chi connectivity index (χ1) is 9.33. The van der Waals surface area contributed by atoms with Crippen molar-refractivity contribution in [1.82, 2.24) is 4.98 Å². The molecule has 2 aliphatic rings. The maximum atomic E-state index is 4.36. The fraction of sp³-hybridized carbons (Fsp3) is 0.0625. The van der Waals surface area contributed by atoms with Crippen LogP contribution in [-0.4, -0.2) is 10.9 Å². The summed E-state index contributed by atoms with van der Waals surface area (Å²) in [6.45, 7) is 4.09. The van der Waals surface area contributed by atoms with Gasteiger partial charge in [-0.05, 0) is 46.5 Å². The number of fused-ring (bicyclic) bond motifs is 1. The van der Waals surface area contributed by atoms with Crippen LogP contribution >= 0.6 is 11.8 Å². The number of aliphatic imine (C=N–C) groups is 1. The molecule has 0 spiro atoms. The van der Waals surface area contributed by atoms with Gasteiger partial charge in [-0.2, -0.15) is 4.99 Å². The first-order valence-electron chi connectivity index (χ1n) is 6.01. The zero-order chi connectivity index (χ0) is 13.1. The molecular formula is C16H12N2S. The summed E-state index contributed by atoms with van der Waals surface area (Å²) in [4.78, 5) is 9.51. The Kier molecular flexibility index (Phi) is 3.32. The van der Waals surface area contributed by atoms with Crippen LogP contribution in [0.2, 0.25) is 0 Å². The van der Waals surface area contributed by atoms with E-state index in [1.165, 1.54) is 5.57 Å². The van der Waals surface area contributed by atoms with E-state index in [9.17, 15) is 0 Å². The molecule has 92 valence electrons. The fourth-order valence-electron chi connectivity index (χ4n) is 1.96. The van der Waals surface area contributed by atoms with E-state index in [-0.39, 0.29) is 0 Å². The molecule has 0 radical (unpaired) electrons. The van der Waals surface area contributed by atoms with Crippen LogP contribution in [0.5, 0.6) is 0 Å². The average molecular weight is 264 g/mol. The minimum atomic E-state index is 0.831. The zero-order valence-corrected chi connectivity index (χ0v) is 11.2. The number of nitrogens with zero attached hydrogens (tertiary/aromatic N) is 2. The van der Waals surface area contributed by atoms with Crippen LogP contribution in [0.1, 0.15) is 6.42 Å². The third-order valence-electron chi connectivity index (χ3n) is 2.88. The Morgan fingerprint density at radius 3 is 3.21 bits per heavy atom. The second kappa shape index (κ2) is 5.27. The monoisotopic (exact) mass is 264 g/mol. The normalized spacial score (nSPS) is 20.9. The lowest BCUT2D eigenvalue weighted by atomic mass is 10.1. The van der Waals surface area contributed by atoms with Crippen molar-refractivity contribution in [1.29, 1.82) is 0 Å². The molecule has 0 fully saturated rings. The van der Waals surface area contributed by atoms with Crippen molar-refractivity contribution < 1.29 is 0 Å². The summed E-state index contributed by atoms with van der Waals surface area (Å²) in [6, 6.07) is 2.01. The minimum absolute atomic E-state index is 0.831. The second-order valence-corrected chi connectivity index (χ2v) is 5.34. The molecule has 0 bridgehead atoms. The predicted molar refractivity (Wildman–Crippen MR) is 81.9 cm³/mol. The molecule has 1 aromatic heterocycles. The van der Waals surface area contributed by atoms with Crippen molar-refractivity contribution in [3.63, 3.8) is 0 Å². The van der Waals surface area contributed by atoms with Gasteiger partial charge >= 0.3 is 0 Å². The molecule has 0 aliphatic carbocycles. The number of pyridine rings is 1. The molecule has 0 saturated heterocycles. The van der Waals surface area contributed by atoms with E-state index >= 15 is 0 Å². The minimum Gasteiger partial charge on any atom is -0.264 e. The van der Waals surface area contributed by atoms with E-state index in [2.05, 4.69) is 40.7 Å². The highest BCUT2D eigenvalue weighted by molar-refractivity contribution is 8.07. The van der Waals surface area contributed by atoms with Gasteiger partial charge in [-0.15, -0.1) is 0 Å². The van der Waals surface area contributed by atoms with Gasteiger partial charge in [0.1, 0.15) is 5.03 Å². The molecule has 3 rings (SSSR count). The van der Waals surface area contributed by atoms with Crippen LogP contribution in [0.3, 0.4) is 0 Å². The highest BCUT2D eigenvalue weighted by Gasteiger charge is 2.07. The van der Waals surface area contributed by atoms with Gasteiger partial charge < -0.3 is 0 Å². The second-order valence-electron chi connectivity index (χ2n) is 4.22. The molecule has 0 saturated carbocycles. The van der Waals surface area contributed by atoms with Crippen LogP contribution in [0.15, 0.2) is 63.8 Å². The van der Waals surface area contributed by atoms with E-state index in [4.69, 9.17) is 0 Å². The molecule has 19 heavy (non-hydrogen) atoms. The van der Waals surface area contributed by atoms with Crippen molar-refractivity contribution in [2.75, 3.05) is 0 Å². The first-order valence-corrected chi connectivity index (χ1v) is 6.82. The molecule has 2 nitrogen and oxygen atoms in total. The molecular weight excluding hydrogens is 252 g/mol. The number of allylic oxidation sites excluding steroid dienone is 5. The lowest BCUT2D eigenvalue weighted by molar-refractivity contribution is 1.24. The van der Waals surface area contributed by atoms with Gasteiger partial charge in [0.25, 0.3) is 0 Å². The molecule has 0 unspecified atom stereocenters. The summed E-state index contributed by atoms with van der Waals surface area (Å²) >= 11 is 1.58. The van der Waals surface area contributed by atoms with E-state index in [1.807, 2.05) is 24.4 Å². The Labute approximate surface area is 116 Å². The average Bonchev–Trinajstić information content (AvgIpc) is 2.59. The Morgan fingerprint density at radius 1 is 1.32 bits per heavy atom. The number of aromatic nitrogens is 1. The highest BCUT2D eigenvalue weighted by atomic mass is 32.2. The van der Waals surface area contributed by atoms with Gasteiger partial charge in [-0.1, -0.05) is 36.6 Å². The van der Waals surface area contributed by atoms with Crippen molar-refractivity contribution in [2.45, 2.75) is 6.42 Å². The van der Waals surface area contributed by atoms with E-state index in [0.717, 1.165) is 26.8 Å². The van der Waals surface area contributed by atoms with Crippen LogP contribution in [0.4, 0.5) is 0 Å². The molecule has 3 heteroatoms. The first kappa shape index (κ1) is 12.0. The van der Waals surface area contributed by atoms with Crippen LogP contribution < -0.4 is 10.4 Å². The summed E-state index contributed by atoms with van der Waals surface area (Å²) in [5.41, 5.74) is 1.18. The third kappa shape index (κ3) is 2.68. The Morgan fingerprint density at radius 2 is 2.26 bits per heavy atom. The van der Waals surface area contributed by atoms with E-state index < -0.39 is 0 Å². The highest BCUT2D eigenvalue weighted by Crippen LogP contribution is 2.31. The number of thioether (sulfide) groups is 1. The van der Waals surface area contributed by atoms with Crippen molar-refractivity contribution in [3.05, 3.63) is 69.2 Å². The van der Waals surface area contributed by atoms with Gasteiger partial charge in [0, 0.05) is 17.3 Å². The maximum absolute atomic E-state index is 4.36. The molecule has 0 N–H and O–H groups in total. The largest absolute Gasteiger partial charge is 0.264 e. The smallest absolute Gasteiger partial charge is 0.114 e. The zero-order valence-electron chi connectivity index (χ0n) is 10.3. The molecule has 0 amide bonds. The van der Waals surface area contributed by atoms with E-state index in [0.29, 0.717) is 0 Å². The SMILES string of the molecule is C=C1/C=c2/ccnc/c2=C/CC2=C(N=C=CC=C2)S1. The molecule has 2 aliphatic heterocycles. The molecule has 1 aromatic rings. The fourth-order valence-corrected chi connectivity index (χ4v) is 2.77. The Balaban J connectivity index is 2.18. The van der Waals surface area contributed by atoms with Gasteiger partial charge in [0.05, 0.1) is 0 Å². The lowest BCUT2D eigenvalue weighted by Gasteiger charge is -2.04. The Bertz CT molecular complexity index is 775. The molecule has 0 aromatic carbocycles. The lowest BCUT2D eigenvalue weighted by Crippen LogP contribution is -2.24. The quantitative estimate of drug-likeness (QED) is 0.718. The van der Waals surface area contributed by atoms with Gasteiger partial charge in [-0.25, -0.2) is 0 Å². The summed E-state index contributed by atoms with van der Waals surface area (Å²) in [5.74, 6) is 2.91. The van der Waals surface area contributed by atoms with Gasteiger partial charge in [0.2, 0.25) is 0 Å². The number of rotatable bonds is 0. The standard InChI is InChI=1S/C16H12N2S/c1-12-10-14-7-9-17-11-15(14)6-5-13-4-2-3-8-18-16(13)19-12/h2-4,6-7,9-11H,1,5H2/b14-10-,15-6-. The third-order valence-corrected chi connectivity index (χ3v) is 3.81. The molecule has 0 atom stereocenters. The topological polar surface area (TPSA) is 25.2 Å². The van der Waals surface area contributed by atoms with Gasteiger partial charge in [-0.3, -0.25) is 4.98 Å². The molecule has 3 heterocycles. The van der Waals surface area contributed by atoms with Gasteiger partial charge in [0.15, 0.2) is 0 Å². The summed E-state index contributed by atoms with van der Waals surface area (Å²) < 4.78 is 0. The van der Waals surface area contributed by atoms with Crippen molar-refractivity contribution in [3.8, 4) is 0 Å². The maximum Gasteiger partial charge on any atom is 0.114 e. The summed E-state index contributed by atoms with van der Waals surface area (Å²) in [5, 5.41) is 3.24. The van der Waals surface area contributed by atoms with Crippen molar-refractivity contribution >= 4 is 29.8 Å². The number of hydrogen-bond acceptors (Lipinski definition) is 3. The van der Waals surface area contributed by atoms with Crippen LogP contribution in [0, 0.1) is 0 Å². The van der Waals surface area contributed by atoms with Crippen molar-refractivity contribution in [2.24, 2.45) is 4.99 Å². The number of hydrogen-bond donors (Lipinski definition) is 0. The summed E-state index contributed by atoms with van der Waals surface area (Å²) in [7, 11) is 0. The predicted octanol–water partition coefficient (Wildman–Crippen LogP) is 2.30. The Hall–Kier alpha value is -2.09. The van der Waals surface area contributed by atoms with Crippen LogP contribution in [-0.2, 0) is 0 Å².